The fourth-order valence-electron chi connectivity index (χ4n) is 1.89. The Bertz CT molecular complexity index is 424. The van der Waals surface area contributed by atoms with Crippen LogP contribution >= 0.6 is 0 Å². The van der Waals surface area contributed by atoms with E-state index < -0.39 is 0 Å². The van der Waals surface area contributed by atoms with Gasteiger partial charge >= 0.3 is 0 Å². The Hall–Kier alpha value is -1.60. The largest absolute Gasteiger partial charge is 0.396 e. The molecular formula is C14H20FN3. The molecule has 4 heteroatoms. The van der Waals surface area contributed by atoms with Crippen LogP contribution in [0.15, 0.2) is 18.2 Å². The van der Waals surface area contributed by atoms with Crippen molar-refractivity contribution in [2.24, 2.45) is 5.92 Å². The number of nitrogens with two attached hydrogens (primary N) is 1. The third-order valence-corrected chi connectivity index (χ3v) is 2.63. The zero-order chi connectivity index (χ0) is 13.5. The van der Waals surface area contributed by atoms with Crippen molar-refractivity contribution < 1.29 is 4.39 Å². The van der Waals surface area contributed by atoms with Crippen LogP contribution in [0.3, 0.4) is 0 Å². The minimum atomic E-state index is -0.378. The molecular weight excluding hydrogens is 229 g/mol. The SMILES string of the molecule is CC(C)CN(CCC#N)Cc1ccc(N)c(F)c1. The molecule has 0 atom stereocenters. The second-order valence-electron chi connectivity index (χ2n) is 4.89. The molecule has 1 aromatic carbocycles. The maximum absolute atomic E-state index is 13.3. The van der Waals surface area contributed by atoms with Gasteiger partial charge in [-0.3, -0.25) is 4.90 Å². The normalized spacial score (nSPS) is 10.9. The van der Waals surface area contributed by atoms with Gasteiger partial charge in [-0.25, -0.2) is 4.39 Å². The van der Waals surface area contributed by atoms with Gasteiger partial charge in [0.2, 0.25) is 0 Å². The van der Waals surface area contributed by atoms with Gasteiger partial charge in [0.25, 0.3) is 0 Å². The molecule has 3 nitrogen and oxygen atoms in total. The molecule has 0 aromatic heterocycles. The first-order chi connectivity index (χ1) is 8.52. The molecule has 18 heavy (non-hydrogen) atoms. The van der Waals surface area contributed by atoms with E-state index in [2.05, 4.69) is 24.8 Å². The number of anilines is 1. The summed E-state index contributed by atoms with van der Waals surface area (Å²) in [6.07, 6.45) is 0.490. The van der Waals surface area contributed by atoms with Gasteiger partial charge in [-0.1, -0.05) is 19.9 Å². The van der Waals surface area contributed by atoms with Crippen molar-refractivity contribution in [3.8, 4) is 6.07 Å². The minimum Gasteiger partial charge on any atom is -0.396 e. The van der Waals surface area contributed by atoms with Crippen LogP contribution in [0.25, 0.3) is 0 Å². The molecule has 0 aliphatic rings. The quantitative estimate of drug-likeness (QED) is 0.789. The molecule has 2 N–H and O–H groups in total. The molecule has 0 aliphatic heterocycles. The molecule has 0 saturated heterocycles. The van der Waals surface area contributed by atoms with Crippen molar-refractivity contribution in [3.05, 3.63) is 29.6 Å². The summed E-state index contributed by atoms with van der Waals surface area (Å²) in [5.41, 5.74) is 6.51. The fraction of sp³-hybridized carbons (Fsp3) is 0.500. The molecule has 0 aliphatic carbocycles. The molecule has 1 aromatic rings. The van der Waals surface area contributed by atoms with E-state index in [1.165, 1.54) is 6.07 Å². The zero-order valence-corrected chi connectivity index (χ0v) is 11.0. The van der Waals surface area contributed by atoms with Crippen molar-refractivity contribution in [2.75, 3.05) is 18.8 Å². The van der Waals surface area contributed by atoms with Gasteiger partial charge < -0.3 is 5.73 Å². The van der Waals surface area contributed by atoms with Crippen LogP contribution in [0.2, 0.25) is 0 Å². The predicted octanol–water partition coefficient (Wildman–Crippen LogP) is 2.78. The second kappa shape index (κ2) is 6.97. The second-order valence-corrected chi connectivity index (χ2v) is 4.89. The predicted molar refractivity (Wildman–Crippen MR) is 71.2 cm³/mol. The Kier molecular flexibility index (Phi) is 5.60. The maximum Gasteiger partial charge on any atom is 0.146 e. The van der Waals surface area contributed by atoms with Crippen molar-refractivity contribution in [1.29, 1.82) is 5.26 Å². The number of benzene rings is 1. The molecule has 98 valence electrons. The van der Waals surface area contributed by atoms with Gasteiger partial charge in [-0.15, -0.1) is 0 Å². The van der Waals surface area contributed by atoms with Crippen LogP contribution in [0.4, 0.5) is 10.1 Å². The Balaban J connectivity index is 2.69. The van der Waals surface area contributed by atoms with Crippen LogP contribution in [0, 0.1) is 23.1 Å². The molecule has 0 fully saturated rings. The molecule has 0 heterocycles. The Morgan fingerprint density at radius 3 is 2.72 bits per heavy atom. The molecule has 0 bridgehead atoms. The Labute approximate surface area is 108 Å². The highest BCUT2D eigenvalue weighted by atomic mass is 19.1. The Morgan fingerprint density at radius 1 is 1.44 bits per heavy atom. The molecule has 0 radical (unpaired) electrons. The highest BCUT2D eigenvalue weighted by Gasteiger charge is 2.09. The topological polar surface area (TPSA) is 53.0 Å². The van der Waals surface area contributed by atoms with Gasteiger partial charge in [-0.2, -0.15) is 5.26 Å². The molecule has 1 rings (SSSR count). The van der Waals surface area contributed by atoms with E-state index in [1.54, 1.807) is 6.07 Å². The van der Waals surface area contributed by atoms with Crippen molar-refractivity contribution in [2.45, 2.75) is 26.8 Å². The van der Waals surface area contributed by atoms with Crippen LogP contribution in [-0.2, 0) is 6.54 Å². The molecule has 0 saturated carbocycles. The molecule has 0 spiro atoms. The maximum atomic E-state index is 13.3. The summed E-state index contributed by atoms with van der Waals surface area (Å²) in [6, 6.07) is 7.03. The number of hydrogen-bond acceptors (Lipinski definition) is 3. The lowest BCUT2D eigenvalue weighted by Crippen LogP contribution is -2.28. The number of rotatable bonds is 6. The summed E-state index contributed by atoms with van der Waals surface area (Å²) >= 11 is 0. The van der Waals surface area contributed by atoms with Crippen molar-refractivity contribution >= 4 is 5.69 Å². The van der Waals surface area contributed by atoms with Crippen LogP contribution in [0.1, 0.15) is 25.8 Å². The lowest BCUT2D eigenvalue weighted by molar-refractivity contribution is 0.241. The number of hydrogen-bond donors (Lipinski definition) is 1. The van der Waals surface area contributed by atoms with Crippen molar-refractivity contribution in [1.82, 2.24) is 4.90 Å². The number of halogens is 1. The lowest BCUT2D eigenvalue weighted by Gasteiger charge is -2.23. The van der Waals surface area contributed by atoms with Gasteiger partial charge in [0.15, 0.2) is 0 Å². The van der Waals surface area contributed by atoms with Gasteiger partial charge in [-0.05, 0) is 23.6 Å². The third kappa shape index (κ3) is 4.72. The van der Waals surface area contributed by atoms with Crippen molar-refractivity contribution in [3.63, 3.8) is 0 Å². The van der Waals surface area contributed by atoms with E-state index in [0.717, 1.165) is 12.1 Å². The average molecular weight is 249 g/mol. The summed E-state index contributed by atoms with van der Waals surface area (Å²) in [5.74, 6) is 0.139. The van der Waals surface area contributed by atoms with Gasteiger partial charge in [0, 0.05) is 26.1 Å². The van der Waals surface area contributed by atoms with Crippen LogP contribution in [0.5, 0.6) is 0 Å². The number of nitriles is 1. The fourth-order valence-corrected chi connectivity index (χ4v) is 1.89. The summed E-state index contributed by atoms with van der Waals surface area (Å²) in [7, 11) is 0. The number of nitrogens with zero attached hydrogens (tertiary/aromatic N) is 2. The average Bonchev–Trinajstić information content (AvgIpc) is 2.30. The highest BCUT2D eigenvalue weighted by Crippen LogP contribution is 2.14. The smallest absolute Gasteiger partial charge is 0.146 e. The van der Waals surface area contributed by atoms with E-state index >= 15 is 0 Å². The van der Waals surface area contributed by atoms with Gasteiger partial charge in [0.1, 0.15) is 5.82 Å². The van der Waals surface area contributed by atoms with Gasteiger partial charge in [0.05, 0.1) is 11.8 Å². The van der Waals surface area contributed by atoms with Crippen LogP contribution < -0.4 is 5.73 Å². The monoisotopic (exact) mass is 249 g/mol. The summed E-state index contributed by atoms with van der Waals surface area (Å²) in [5, 5.41) is 8.64. The summed E-state index contributed by atoms with van der Waals surface area (Å²) < 4.78 is 13.3. The standard InChI is InChI=1S/C14H20FN3/c1-11(2)9-18(7-3-6-16)10-12-4-5-14(17)13(15)8-12/h4-5,8,11H,3,7,9-10,17H2,1-2H3. The van der Waals surface area contributed by atoms with E-state index in [4.69, 9.17) is 11.0 Å². The summed E-state index contributed by atoms with van der Waals surface area (Å²) in [6.45, 7) is 6.51. The van der Waals surface area contributed by atoms with Crippen LogP contribution in [-0.4, -0.2) is 18.0 Å². The van der Waals surface area contributed by atoms with E-state index in [-0.39, 0.29) is 11.5 Å². The highest BCUT2D eigenvalue weighted by molar-refractivity contribution is 5.41. The number of nitrogen functional groups attached to an aromatic ring is 1. The summed E-state index contributed by atoms with van der Waals surface area (Å²) in [4.78, 5) is 2.17. The Morgan fingerprint density at radius 2 is 2.17 bits per heavy atom. The zero-order valence-electron chi connectivity index (χ0n) is 11.0. The molecule has 0 unspecified atom stereocenters. The first-order valence-electron chi connectivity index (χ1n) is 6.16. The first kappa shape index (κ1) is 14.5. The third-order valence-electron chi connectivity index (χ3n) is 2.63. The van der Waals surface area contributed by atoms with E-state index in [0.29, 0.717) is 25.4 Å². The molecule has 0 amide bonds. The van der Waals surface area contributed by atoms with E-state index in [1.807, 2.05) is 6.07 Å². The minimum absolute atomic E-state index is 0.172. The van der Waals surface area contributed by atoms with E-state index in [9.17, 15) is 4.39 Å². The first-order valence-corrected chi connectivity index (χ1v) is 6.16. The lowest BCUT2D eigenvalue weighted by atomic mass is 10.1.